The molecule has 0 saturated heterocycles. The zero-order chi connectivity index (χ0) is 37.8. The van der Waals surface area contributed by atoms with Crippen LogP contribution in [0.4, 0.5) is 22.7 Å². The highest BCUT2D eigenvalue weighted by Gasteiger charge is 2.24. The van der Waals surface area contributed by atoms with E-state index >= 15 is 0 Å². The first-order valence-electron chi connectivity index (χ1n) is 16.4. The number of carbonyl (C=O) groups is 1. The quantitative estimate of drug-likeness (QED) is 0.0871. The van der Waals surface area contributed by atoms with Crippen molar-refractivity contribution in [1.82, 2.24) is 18.8 Å². The Balaban J connectivity index is 1.10. The molecule has 268 valence electrons. The molecule has 1 amide bonds. The smallest absolute Gasteiger partial charge is 0.252 e. The predicted molar refractivity (Wildman–Crippen MR) is 206 cm³/mol. The Kier molecular flexibility index (Phi) is 8.66. The van der Waals surface area contributed by atoms with Crippen molar-refractivity contribution in [3.63, 3.8) is 0 Å². The maximum atomic E-state index is 12.5. The predicted octanol–water partition coefficient (Wildman–Crippen LogP) is 9.61. The van der Waals surface area contributed by atoms with Crippen LogP contribution >= 0.6 is 23.2 Å². The van der Waals surface area contributed by atoms with E-state index < -0.39 is 5.91 Å². The molecule has 0 radical (unpaired) electrons. The Morgan fingerprint density at radius 2 is 1.20 bits per heavy atom. The highest BCUT2D eigenvalue weighted by atomic mass is 35.5. The molecule has 54 heavy (non-hydrogen) atoms. The van der Waals surface area contributed by atoms with Gasteiger partial charge in [-0.25, -0.2) is 15.9 Å². The second-order valence-electron chi connectivity index (χ2n) is 12.4. The van der Waals surface area contributed by atoms with Gasteiger partial charge in [-0.15, -0.1) is 20.5 Å². The summed E-state index contributed by atoms with van der Waals surface area (Å²) in [4.78, 5) is 26.6. The van der Waals surface area contributed by atoms with Crippen LogP contribution in [0.1, 0.15) is 27.0 Å². The molecular formula is C38H28Cl2N10O4. The number of pyridine rings is 2. The van der Waals surface area contributed by atoms with Gasteiger partial charge in [0.2, 0.25) is 11.8 Å². The molecule has 6 N–H and O–H groups in total. The lowest BCUT2D eigenvalue weighted by molar-refractivity contribution is 0.100. The van der Waals surface area contributed by atoms with Gasteiger partial charge in [0.1, 0.15) is 28.4 Å². The van der Waals surface area contributed by atoms with E-state index in [1.54, 1.807) is 78.9 Å². The highest BCUT2D eigenvalue weighted by molar-refractivity contribution is 6.34. The van der Waals surface area contributed by atoms with E-state index in [1.807, 2.05) is 24.3 Å². The lowest BCUT2D eigenvalue weighted by atomic mass is 10.0. The first kappa shape index (κ1) is 34.6. The second kappa shape index (κ2) is 13.5. The minimum absolute atomic E-state index is 0.0384. The van der Waals surface area contributed by atoms with E-state index in [0.29, 0.717) is 60.8 Å². The number of hydrogen-bond donors (Lipinski definition) is 4. The summed E-state index contributed by atoms with van der Waals surface area (Å²) in [6.45, 7) is 3.43. The average molecular weight is 760 g/mol. The Hall–Kier alpha value is -6.45. The lowest BCUT2D eigenvalue weighted by Crippen LogP contribution is -2.15. The van der Waals surface area contributed by atoms with Gasteiger partial charge in [0.25, 0.3) is 5.91 Å². The monoisotopic (exact) mass is 758 g/mol. The number of primary amides is 1. The molecule has 0 aliphatic rings. The molecule has 0 unspecified atom stereocenters. The molecule has 4 aromatic heterocycles. The van der Waals surface area contributed by atoms with Crippen molar-refractivity contribution in [1.29, 1.82) is 0 Å². The van der Waals surface area contributed by atoms with Gasteiger partial charge in [-0.05, 0) is 84.6 Å². The van der Waals surface area contributed by atoms with Crippen molar-refractivity contribution in [2.75, 3.05) is 0 Å². The fraction of sp³-hybridized carbons (Fsp3) is 0.0789. The van der Waals surface area contributed by atoms with Crippen molar-refractivity contribution in [2.45, 2.75) is 20.5 Å². The Bertz CT molecular complexity index is 2920. The minimum Gasteiger partial charge on any atom is -0.493 e. The summed E-state index contributed by atoms with van der Waals surface area (Å²) in [5, 5.41) is 40.6. The number of aromatic nitrogens is 4. The lowest BCUT2D eigenvalue weighted by Gasteiger charge is -2.12. The molecule has 14 nitrogen and oxygen atoms in total. The summed E-state index contributed by atoms with van der Waals surface area (Å²) < 4.78 is 3.01. The van der Waals surface area contributed by atoms with Gasteiger partial charge >= 0.3 is 0 Å². The molecule has 4 heterocycles. The van der Waals surface area contributed by atoms with Crippen LogP contribution in [0.3, 0.4) is 0 Å². The van der Waals surface area contributed by atoms with E-state index in [1.165, 1.54) is 4.40 Å². The minimum atomic E-state index is -0.720. The molecule has 0 fully saturated rings. The zero-order valence-corrected chi connectivity index (χ0v) is 30.0. The van der Waals surface area contributed by atoms with Crippen LogP contribution in [0.5, 0.6) is 11.8 Å². The standard InChI is InChI=1S/C38H28Cl2N10O4/c1-18-22(17-54-42)35-43-27-7-3-5-9-29(27)49(35)37(52)32(18)47-45-25-13-11-20(15-23(25)39)21-12-14-26(24(40)16-21)46-48-33-19(2)31(34(41)51)36-44-28-8-4-6-10-30(28)50(36)38(33)53/h3-16,52-53H,17,42H2,1-2H3,(H2,41,51). The van der Waals surface area contributed by atoms with Crippen LogP contribution in [0, 0.1) is 13.8 Å². The number of halogens is 2. The van der Waals surface area contributed by atoms with Gasteiger partial charge in [-0.1, -0.05) is 59.6 Å². The van der Waals surface area contributed by atoms with Crippen molar-refractivity contribution in [3.8, 4) is 22.9 Å². The van der Waals surface area contributed by atoms with Gasteiger partial charge in [-0.2, -0.15) is 0 Å². The summed E-state index contributed by atoms with van der Waals surface area (Å²) in [6.07, 6.45) is 0. The molecule has 0 spiro atoms. The molecule has 0 bridgehead atoms. The van der Waals surface area contributed by atoms with Crippen molar-refractivity contribution < 1.29 is 19.8 Å². The van der Waals surface area contributed by atoms with Crippen molar-refractivity contribution >= 4 is 85.2 Å². The fourth-order valence-electron chi connectivity index (χ4n) is 6.53. The molecule has 0 atom stereocenters. The van der Waals surface area contributed by atoms with Crippen LogP contribution in [0.25, 0.3) is 44.5 Å². The van der Waals surface area contributed by atoms with E-state index in [4.69, 9.17) is 39.7 Å². The Morgan fingerprint density at radius 3 is 1.70 bits per heavy atom. The van der Waals surface area contributed by atoms with E-state index in [9.17, 15) is 15.0 Å². The summed E-state index contributed by atoms with van der Waals surface area (Å²) in [5.74, 6) is 4.33. The third kappa shape index (κ3) is 5.64. The number of aromatic hydroxyl groups is 2. The molecule has 0 aliphatic carbocycles. The number of para-hydroxylation sites is 4. The van der Waals surface area contributed by atoms with Crippen LogP contribution < -0.4 is 11.6 Å². The SMILES string of the molecule is Cc1c(N=Nc2ccc(-c3ccc(N=Nc4c(C)c(C(N)=O)c5nc6ccccc6n5c4O)c(Cl)c3)cc2Cl)c(O)n2c(nc3ccccc32)c1CON. The maximum Gasteiger partial charge on any atom is 0.252 e. The number of amides is 1. The van der Waals surface area contributed by atoms with E-state index in [2.05, 4.69) is 30.4 Å². The largest absolute Gasteiger partial charge is 0.493 e. The van der Waals surface area contributed by atoms with Crippen LogP contribution in [-0.2, 0) is 11.4 Å². The van der Waals surface area contributed by atoms with Gasteiger partial charge in [0.15, 0.2) is 5.65 Å². The van der Waals surface area contributed by atoms with Crippen LogP contribution in [0.15, 0.2) is 105 Å². The third-order valence-corrected chi connectivity index (χ3v) is 9.82. The number of fused-ring (bicyclic) bond motifs is 6. The van der Waals surface area contributed by atoms with E-state index in [0.717, 1.165) is 11.1 Å². The number of benzene rings is 4. The molecule has 0 aliphatic heterocycles. The first-order chi connectivity index (χ1) is 26.1. The summed E-state index contributed by atoms with van der Waals surface area (Å²) >= 11 is 13.4. The molecule has 8 rings (SSSR count). The van der Waals surface area contributed by atoms with Crippen LogP contribution in [-0.4, -0.2) is 34.9 Å². The summed E-state index contributed by atoms with van der Waals surface area (Å²) in [7, 11) is 0. The number of hydrogen-bond acceptors (Lipinski definition) is 11. The average Bonchev–Trinajstić information content (AvgIpc) is 3.73. The fourth-order valence-corrected chi connectivity index (χ4v) is 6.96. The first-order valence-corrected chi connectivity index (χ1v) is 17.1. The normalized spacial score (nSPS) is 12.1. The van der Waals surface area contributed by atoms with Gasteiger partial charge in [-0.3, -0.25) is 18.4 Å². The topological polar surface area (TPSA) is 203 Å². The number of nitrogens with two attached hydrogens (primary N) is 2. The third-order valence-electron chi connectivity index (χ3n) is 9.22. The van der Waals surface area contributed by atoms with Gasteiger partial charge in [0.05, 0.1) is 44.3 Å². The number of azo groups is 2. The molecule has 8 aromatic rings. The summed E-state index contributed by atoms with van der Waals surface area (Å²) in [6, 6.07) is 24.9. The molecule has 4 aromatic carbocycles. The van der Waals surface area contributed by atoms with E-state index in [-0.39, 0.29) is 46.0 Å². The summed E-state index contributed by atoms with van der Waals surface area (Å²) in [5.41, 5.74) is 13.0. The molecule has 16 heteroatoms. The van der Waals surface area contributed by atoms with Crippen molar-refractivity contribution in [3.05, 3.63) is 117 Å². The maximum absolute atomic E-state index is 12.5. The van der Waals surface area contributed by atoms with Crippen LogP contribution in [0.2, 0.25) is 10.0 Å². The Labute approximate surface area is 315 Å². The second-order valence-corrected chi connectivity index (χ2v) is 13.2. The number of nitrogens with zero attached hydrogens (tertiary/aromatic N) is 8. The van der Waals surface area contributed by atoms with Crippen molar-refractivity contribution in [2.24, 2.45) is 32.1 Å². The Morgan fingerprint density at radius 1 is 0.722 bits per heavy atom. The van der Waals surface area contributed by atoms with Gasteiger partial charge < -0.3 is 15.9 Å². The van der Waals surface area contributed by atoms with Gasteiger partial charge in [0, 0.05) is 5.56 Å². The molecule has 0 saturated carbocycles. The zero-order valence-electron chi connectivity index (χ0n) is 28.5. The molecular weight excluding hydrogens is 731 g/mol. The number of rotatable bonds is 8. The number of imidazole rings is 2. The highest BCUT2D eigenvalue weighted by Crippen LogP contribution is 2.42. The number of carbonyl (C=O) groups excluding carboxylic acids is 1.